The van der Waals surface area contributed by atoms with Gasteiger partial charge in [0.2, 0.25) is 5.96 Å². The Morgan fingerprint density at radius 1 is 0.692 bits per heavy atom. The summed E-state index contributed by atoms with van der Waals surface area (Å²) in [5, 5.41) is 7.91. The summed E-state index contributed by atoms with van der Waals surface area (Å²) in [4.78, 5) is 27.0. The van der Waals surface area contributed by atoms with Crippen LogP contribution in [0.15, 0.2) is 64.8 Å². The van der Waals surface area contributed by atoms with Crippen LogP contribution in [-0.2, 0) is 4.74 Å². The highest BCUT2D eigenvalue weighted by Gasteiger charge is 2.21. The van der Waals surface area contributed by atoms with Crippen molar-refractivity contribution in [3.8, 4) is 0 Å². The molecule has 204 valence electrons. The molecule has 0 radical (unpaired) electrons. The van der Waals surface area contributed by atoms with Crippen molar-refractivity contribution in [2.24, 2.45) is 21.7 Å². The van der Waals surface area contributed by atoms with Crippen LogP contribution in [0.5, 0.6) is 0 Å². The van der Waals surface area contributed by atoms with Gasteiger partial charge in [0, 0.05) is 47.9 Å². The van der Waals surface area contributed by atoms with Crippen molar-refractivity contribution < 1.29 is 14.3 Å². The van der Waals surface area contributed by atoms with E-state index in [4.69, 9.17) is 92.4 Å². The molecule has 3 aromatic carbocycles. The van der Waals surface area contributed by atoms with Gasteiger partial charge in [-0.15, -0.1) is 0 Å². The smallest absolute Gasteiger partial charge is 0.347 e. The highest BCUT2D eigenvalue weighted by atomic mass is 128. The summed E-state index contributed by atoms with van der Waals surface area (Å²) in [6, 6.07) is 13.7. The molecule has 0 aliphatic heterocycles. The number of halogens is 8. The van der Waals surface area contributed by atoms with Gasteiger partial charge in [0.1, 0.15) is 0 Å². The van der Waals surface area contributed by atoms with Crippen molar-refractivity contribution >= 4 is 131 Å². The third-order valence-electron chi connectivity index (χ3n) is 4.09. The molecule has 0 amide bonds. The Morgan fingerprint density at radius 3 is 1.41 bits per heavy atom. The summed E-state index contributed by atoms with van der Waals surface area (Å²) < 4.78 is 4.73. The monoisotopic (exact) mass is 871 g/mol. The first kappa shape index (κ1) is 35.5. The van der Waals surface area contributed by atoms with Gasteiger partial charge < -0.3 is 21.0 Å². The van der Waals surface area contributed by atoms with Gasteiger partial charge in [-0.2, -0.15) is 0 Å². The molecule has 0 bridgehead atoms. The Bertz CT molecular complexity index is 1400. The van der Waals surface area contributed by atoms with Gasteiger partial charge in [0.25, 0.3) is 0 Å². The number of carbonyl (C=O) groups excluding carboxylic acids is 2. The Labute approximate surface area is 276 Å². The number of rotatable bonds is 4. The minimum Gasteiger partial charge on any atom is -0.386 e. The second-order valence-corrected chi connectivity index (χ2v) is 8.90. The van der Waals surface area contributed by atoms with Crippen molar-refractivity contribution in [2.45, 2.75) is 0 Å². The Balaban J connectivity index is 0.000000379. The predicted molar refractivity (Wildman–Crippen MR) is 176 cm³/mol. The molecule has 0 saturated carbocycles. The van der Waals surface area contributed by atoms with Gasteiger partial charge in [0.15, 0.2) is 0 Å². The van der Waals surface area contributed by atoms with Crippen LogP contribution in [0.2, 0.25) is 30.1 Å². The van der Waals surface area contributed by atoms with E-state index < -0.39 is 11.9 Å². The van der Waals surface area contributed by atoms with E-state index in [1.165, 1.54) is 36.4 Å². The van der Waals surface area contributed by atoms with E-state index in [0.29, 0.717) is 10.6 Å². The van der Waals surface area contributed by atoms with Crippen molar-refractivity contribution in [1.82, 2.24) is 0 Å². The Morgan fingerprint density at radius 2 is 1.05 bits per heavy atom. The first-order chi connectivity index (χ1) is 18.5. The van der Waals surface area contributed by atoms with Crippen molar-refractivity contribution in [3.63, 3.8) is 0 Å². The molecule has 8 nitrogen and oxygen atoms in total. The maximum Gasteiger partial charge on any atom is 0.347 e. The third kappa shape index (κ3) is 10.7. The molecule has 0 spiro atoms. The zero-order valence-corrected chi connectivity index (χ0v) is 27.8. The molecule has 0 fully saturated rings. The van der Waals surface area contributed by atoms with Gasteiger partial charge in [-0.1, -0.05) is 100 Å². The molecule has 0 aromatic heterocycles. The number of esters is 2. The molecular formula is C23H13Cl6I2N5O3. The predicted octanol–water partition coefficient (Wildman–Crippen LogP) is 8.92. The molecule has 3 aromatic rings. The van der Waals surface area contributed by atoms with Crippen LogP contribution in [0, 0.1) is 6.57 Å². The molecule has 0 aliphatic carbocycles. The summed E-state index contributed by atoms with van der Waals surface area (Å²) in [5.41, 5.74) is 10.5. The number of hydrogen-bond acceptors (Lipinski definition) is 5. The van der Waals surface area contributed by atoms with E-state index in [0.717, 1.165) is 0 Å². The number of hydrogen-bond donors (Lipinski definition) is 2. The zero-order chi connectivity index (χ0) is 29.7. The number of guanidine groups is 1. The fourth-order valence-electron chi connectivity index (χ4n) is 2.44. The number of amidine groups is 1. The van der Waals surface area contributed by atoms with Gasteiger partial charge in [-0.25, -0.2) is 9.59 Å². The highest BCUT2D eigenvalue weighted by molar-refractivity contribution is 15.0. The fraction of sp³-hybridized carbons (Fsp3) is 0. The first-order valence-corrected chi connectivity index (χ1v) is 18.3. The van der Waals surface area contributed by atoms with Crippen LogP contribution in [0.25, 0.3) is 4.85 Å². The summed E-state index contributed by atoms with van der Waals surface area (Å²) >= 11 is 39.3. The number of benzene rings is 3. The molecule has 16 heteroatoms. The van der Waals surface area contributed by atoms with E-state index in [-0.39, 0.29) is 48.0 Å². The molecule has 3 rings (SSSR count). The van der Waals surface area contributed by atoms with Gasteiger partial charge in [0.05, 0.1) is 41.3 Å². The van der Waals surface area contributed by atoms with E-state index in [2.05, 4.69) is 52.3 Å². The van der Waals surface area contributed by atoms with Crippen LogP contribution in [0.1, 0.15) is 26.3 Å². The number of nitrogens with two attached hydrogens (primary N) is 2. The number of nitrogens with zero attached hydrogens (tertiary/aromatic N) is 3. The van der Waals surface area contributed by atoms with Crippen LogP contribution in [0.3, 0.4) is 0 Å². The maximum absolute atomic E-state index is 11.9. The molecule has 39 heavy (non-hydrogen) atoms. The number of ether oxygens (including phenoxy) is 1. The van der Waals surface area contributed by atoms with Gasteiger partial charge in [-0.05, 0) is 35.4 Å². The minimum absolute atomic E-state index is 0.00848. The van der Waals surface area contributed by atoms with Gasteiger partial charge in [-0.3, -0.25) is 0 Å². The third-order valence-corrected chi connectivity index (χ3v) is 6.54. The Hall–Kier alpha value is -1.57. The first-order valence-electron chi connectivity index (χ1n) is 9.75. The summed E-state index contributed by atoms with van der Waals surface area (Å²) in [6.45, 7) is 6.95. The van der Waals surface area contributed by atoms with E-state index in [1.54, 1.807) is 18.2 Å². The largest absolute Gasteiger partial charge is 0.386 e. The lowest BCUT2D eigenvalue weighted by molar-refractivity contribution is 0.0398. The van der Waals surface area contributed by atoms with Crippen LogP contribution < -0.4 is 11.5 Å². The topological polar surface area (TPSA) is 124 Å². The molecule has 0 heterocycles. The molecule has 0 unspecified atom stereocenters. The summed E-state index contributed by atoms with van der Waals surface area (Å²) in [7, 11) is 0. The second kappa shape index (κ2) is 18.0. The molecule has 0 atom stereocenters. The quantitative estimate of drug-likeness (QED) is 0.0516. The fourth-order valence-corrected chi connectivity index (χ4v) is 3.58. The highest BCUT2D eigenvalue weighted by Crippen LogP contribution is 2.29. The number of carbonyl (C=O) groups is 2. The second-order valence-electron chi connectivity index (χ2n) is 6.54. The summed E-state index contributed by atoms with van der Waals surface area (Å²) in [6.07, 6.45) is 0. The summed E-state index contributed by atoms with van der Waals surface area (Å²) in [5.74, 6) is -2.12. The molecule has 0 aliphatic rings. The standard InChI is InChI=1S/C14H6Cl4O3.C9H7Cl2N5.I2/c15-9-5-1-3-7(11(9)17)13(19)21-14(20)8-4-2-6-10(16)12(8)18;1-14-8(15-16-9(12)13)5-3-2-4-6(10)7(5)11;1-2/h1-6H;2-4H,(H4,12,13,16);/b;15-8-;. The van der Waals surface area contributed by atoms with E-state index in [1.807, 2.05) is 0 Å². The lowest BCUT2D eigenvalue weighted by Crippen LogP contribution is -2.22. The lowest BCUT2D eigenvalue weighted by Gasteiger charge is -2.07. The zero-order valence-electron chi connectivity index (χ0n) is 18.9. The van der Waals surface area contributed by atoms with Crippen LogP contribution in [-0.4, -0.2) is 23.7 Å². The SMILES string of the molecule is II.O=C(OC(=O)c1cccc(Cl)c1Cl)c1cccc(Cl)c1Cl.[C-]#[N+]/C(=N\N=C(N)N)c1cccc(Cl)c1Cl. The van der Waals surface area contributed by atoms with Crippen molar-refractivity contribution in [1.29, 1.82) is 0 Å². The molecule has 0 saturated heterocycles. The average molecular weight is 874 g/mol. The molecule has 4 N–H and O–H groups in total. The van der Waals surface area contributed by atoms with Crippen LogP contribution in [0.4, 0.5) is 0 Å². The normalized spacial score (nSPS) is 10.1. The van der Waals surface area contributed by atoms with Crippen LogP contribution >= 0.6 is 107 Å². The maximum atomic E-state index is 11.9. The van der Waals surface area contributed by atoms with Gasteiger partial charge >= 0.3 is 17.8 Å². The van der Waals surface area contributed by atoms with E-state index >= 15 is 0 Å². The Kier molecular flexibility index (Phi) is 16.3. The molecular weight excluding hydrogens is 861 g/mol. The lowest BCUT2D eigenvalue weighted by atomic mass is 10.2. The average Bonchev–Trinajstić information content (AvgIpc) is 2.91. The van der Waals surface area contributed by atoms with Crippen molar-refractivity contribution in [2.75, 3.05) is 0 Å². The van der Waals surface area contributed by atoms with E-state index in [9.17, 15) is 9.59 Å². The van der Waals surface area contributed by atoms with Crippen molar-refractivity contribution in [3.05, 3.63) is 113 Å². The minimum atomic E-state index is -0.927.